The minimum atomic E-state index is -0.411. The molecule has 0 aliphatic carbocycles. The maximum Gasteiger partial charge on any atom is 0.328 e. The van der Waals surface area contributed by atoms with Crippen molar-refractivity contribution < 1.29 is 9.47 Å². The molecule has 0 radical (unpaired) electrons. The first-order valence-electron chi connectivity index (χ1n) is 5.02. The number of hydrogen-bond donors (Lipinski definition) is 1. The second-order valence-corrected chi connectivity index (χ2v) is 3.37. The topological polar surface area (TPSA) is 73.3 Å². The van der Waals surface area contributed by atoms with Crippen molar-refractivity contribution in [3.05, 3.63) is 32.6 Å². The molecule has 1 aromatic rings. The Labute approximate surface area is 92.8 Å². The molecule has 16 heavy (non-hydrogen) atoms. The summed E-state index contributed by atoms with van der Waals surface area (Å²) in [5.41, 5.74) is -0.246. The molecule has 0 unspecified atom stereocenters. The third-order valence-corrected chi connectivity index (χ3v) is 2.10. The molecule has 1 rings (SSSR count). The third-order valence-electron chi connectivity index (χ3n) is 2.10. The van der Waals surface area contributed by atoms with Crippen LogP contribution in [-0.2, 0) is 16.0 Å². The fourth-order valence-corrected chi connectivity index (χ4v) is 1.19. The van der Waals surface area contributed by atoms with E-state index in [0.717, 1.165) is 0 Å². The summed E-state index contributed by atoms with van der Waals surface area (Å²) in [6.07, 6.45) is 1.53. The molecule has 6 nitrogen and oxygen atoms in total. The largest absolute Gasteiger partial charge is 0.382 e. The van der Waals surface area contributed by atoms with Gasteiger partial charge in [-0.1, -0.05) is 0 Å². The van der Waals surface area contributed by atoms with E-state index in [1.165, 1.54) is 10.8 Å². The number of hydrogen-bond acceptors (Lipinski definition) is 4. The monoisotopic (exact) mass is 228 g/mol. The van der Waals surface area contributed by atoms with Crippen LogP contribution < -0.4 is 11.2 Å². The van der Waals surface area contributed by atoms with Gasteiger partial charge >= 0.3 is 5.69 Å². The highest BCUT2D eigenvalue weighted by molar-refractivity contribution is 5.00. The van der Waals surface area contributed by atoms with Crippen molar-refractivity contribution in [3.63, 3.8) is 0 Å². The standard InChI is InChI=1S/C10H16N2O4/c1-8-7-12(10(14)11-9(8)13)3-4-16-6-5-15-2/h7H,3-6H2,1-2H3,(H,11,13,14). The number of nitrogens with zero attached hydrogens (tertiary/aromatic N) is 1. The Morgan fingerprint density at radius 1 is 1.31 bits per heavy atom. The van der Waals surface area contributed by atoms with Gasteiger partial charge in [0.1, 0.15) is 0 Å². The van der Waals surface area contributed by atoms with Gasteiger partial charge in [0, 0.05) is 18.9 Å². The molecule has 1 aromatic heterocycles. The minimum absolute atomic E-state index is 0.346. The fraction of sp³-hybridized carbons (Fsp3) is 0.600. The van der Waals surface area contributed by atoms with Crippen molar-refractivity contribution in [3.8, 4) is 0 Å². The van der Waals surface area contributed by atoms with Gasteiger partial charge in [-0.2, -0.15) is 0 Å². The lowest BCUT2D eigenvalue weighted by Crippen LogP contribution is -2.31. The molecule has 90 valence electrons. The predicted octanol–water partition coefficient (Wildman–Crippen LogP) is -0.492. The third kappa shape index (κ3) is 3.63. The van der Waals surface area contributed by atoms with Crippen molar-refractivity contribution in [2.75, 3.05) is 26.9 Å². The van der Waals surface area contributed by atoms with Gasteiger partial charge in [0.25, 0.3) is 5.56 Å². The quantitative estimate of drug-likeness (QED) is 0.667. The van der Waals surface area contributed by atoms with Gasteiger partial charge in [0.2, 0.25) is 0 Å². The first kappa shape index (κ1) is 12.7. The zero-order valence-electron chi connectivity index (χ0n) is 9.49. The molecule has 0 atom stereocenters. The van der Waals surface area contributed by atoms with Gasteiger partial charge in [-0.15, -0.1) is 0 Å². The van der Waals surface area contributed by atoms with Crippen molar-refractivity contribution in [1.29, 1.82) is 0 Å². The summed E-state index contributed by atoms with van der Waals surface area (Å²) in [6, 6.07) is 0. The molecule has 0 bridgehead atoms. The molecule has 0 fully saturated rings. The van der Waals surface area contributed by atoms with Gasteiger partial charge in [-0.05, 0) is 6.92 Å². The van der Waals surface area contributed by atoms with E-state index in [-0.39, 0.29) is 5.56 Å². The van der Waals surface area contributed by atoms with E-state index in [0.29, 0.717) is 31.9 Å². The molecule has 1 heterocycles. The van der Waals surface area contributed by atoms with Crippen LogP contribution in [-0.4, -0.2) is 36.5 Å². The highest BCUT2D eigenvalue weighted by Crippen LogP contribution is 1.85. The summed E-state index contributed by atoms with van der Waals surface area (Å²) < 4.78 is 11.5. The Morgan fingerprint density at radius 3 is 2.75 bits per heavy atom. The van der Waals surface area contributed by atoms with Crippen molar-refractivity contribution >= 4 is 0 Å². The van der Waals surface area contributed by atoms with E-state index in [1.54, 1.807) is 14.0 Å². The Kier molecular flexibility index (Phi) is 4.94. The van der Waals surface area contributed by atoms with E-state index < -0.39 is 5.69 Å². The van der Waals surface area contributed by atoms with Gasteiger partial charge in [0.05, 0.1) is 26.4 Å². The highest BCUT2D eigenvalue weighted by Gasteiger charge is 2.00. The molecule has 0 saturated carbocycles. The summed E-state index contributed by atoms with van der Waals surface area (Å²) in [7, 11) is 1.60. The van der Waals surface area contributed by atoms with Crippen LogP contribution in [0.1, 0.15) is 5.56 Å². The van der Waals surface area contributed by atoms with Gasteiger partial charge < -0.3 is 9.47 Å². The SMILES string of the molecule is COCCOCCn1cc(C)c(=O)[nH]c1=O. The average molecular weight is 228 g/mol. The lowest BCUT2D eigenvalue weighted by Gasteiger charge is -2.06. The highest BCUT2D eigenvalue weighted by atomic mass is 16.5. The van der Waals surface area contributed by atoms with Crippen LogP contribution in [0.15, 0.2) is 15.8 Å². The van der Waals surface area contributed by atoms with Crippen LogP contribution in [0, 0.1) is 6.92 Å². The fourth-order valence-electron chi connectivity index (χ4n) is 1.19. The van der Waals surface area contributed by atoms with Crippen molar-refractivity contribution in [2.24, 2.45) is 0 Å². The molecule has 6 heteroatoms. The molecule has 0 aromatic carbocycles. The van der Waals surface area contributed by atoms with Crippen molar-refractivity contribution in [2.45, 2.75) is 13.5 Å². The Morgan fingerprint density at radius 2 is 2.06 bits per heavy atom. The van der Waals surface area contributed by atoms with Gasteiger partial charge in [0.15, 0.2) is 0 Å². The van der Waals surface area contributed by atoms with E-state index in [9.17, 15) is 9.59 Å². The summed E-state index contributed by atoms with van der Waals surface area (Å²) in [5, 5.41) is 0. The summed E-state index contributed by atoms with van der Waals surface area (Å²) in [5.74, 6) is 0. The molecule has 0 spiro atoms. The van der Waals surface area contributed by atoms with Crippen LogP contribution in [0.25, 0.3) is 0 Å². The van der Waals surface area contributed by atoms with Crippen LogP contribution >= 0.6 is 0 Å². The predicted molar refractivity (Wildman–Crippen MR) is 58.8 cm³/mol. The number of methoxy groups -OCH3 is 1. The first-order chi connectivity index (χ1) is 7.65. The number of H-pyrrole nitrogens is 1. The smallest absolute Gasteiger partial charge is 0.328 e. The average Bonchev–Trinajstić information content (AvgIpc) is 2.25. The molecular weight excluding hydrogens is 212 g/mol. The maximum atomic E-state index is 11.3. The van der Waals surface area contributed by atoms with Crippen LogP contribution in [0.3, 0.4) is 0 Å². The number of aromatic amines is 1. The second kappa shape index (κ2) is 6.24. The number of rotatable bonds is 6. The molecule has 1 N–H and O–H groups in total. The zero-order chi connectivity index (χ0) is 12.0. The van der Waals surface area contributed by atoms with Crippen LogP contribution in [0.5, 0.6) is 0 Å². The van der Waals surface area contributed by atoms with E-state index in [2.05, 4.69) is 4.98 Å². The first-order valence-corrected chi connectivity index (χ1v) is 5.02. The van der Waals surface area contributed by atoms with E-state index in [1.807, 2.05) is 0 Å². The number of nitrogens with one attached hydrogen (secondary N) is 1. The molecular formula is C10H16N2O4. The zero-order valence-corrected chi connectivity index (χ0v) is 9.49. The Balaban J connectivity index is 2.51. The molecule has 0 aliphatic rings. The van der Waals surface area contributed by atoms with Gasteiger partial charge in [-0.25, -0.2) is 4.79 Å². The maximum absolute atomic E-state index is 11.3. The number of aryl methyl sites for hydroxylation is 1. The summed E-state index contributed by atoms with van der Waals surface area (Å²) in [6.45, 7) is 3.50. The molecule has 0 amide bonds. The summed E-state index contributed by atoms with van der Waals surface area (Å²) in [4.78, 5) is 24.7. The van der Waals surface area contributed by atoms with Crippen molar-refractivity contribution in [1.82, 2.24) is 9.55 Å². The normalized spacial score (nSPS) is 10.6. The molecule has 0 saturated heterocycles. The van der Waals surface area contributed by atoms with Gasteiger partial charge in [-0.3, -0.25) is 14.3 Å². The Hall–Kier alpha value is -1.40. The molecule has 0 aliphatic heterocycles. The minimum Gasteiger partial charge on any atom is -0.382 e. The van der Waals surface area contributed by atoms with E-state index in [4.69, 9.17) is 9.47 Å². The van der Waals surface area contributed by atoms with E-state index >= 15 is 0 Å². The lowest BCUT2D eigenvalue weighted by atomic mass is 10.4. The number of ether oxygens (including phenoxy) is 2. The Bertz CT molecular complexity index is 435. The lowest BCUT2D eigenvalue weighted by molar-refractivity contribution is 0.0661. The second-order valence-electron chi connectivity index (χ2n) is 3.37. The number of aromatic nitrogens is 2. The summed E-state index contributed by atoms with van der Waals surface area (Å²) >= 11 is 0. The van der Waals surface area contributed by atoms with Crippen LogP contribution in [0.4, 0.5) is 0 Å². The van der Waals surface area contributed by atoms with Crippen LogP contribution in [0.2, 0.25) is 0 Å².